The van der Waals surface area contributed by atoms with Crippen molar-refractivity contribution in [3.63, 3.8) is 0 Å². The Bertz CT molecular complexity index is 772. The Kier molecular flexibility index (Phi) is 3.58. The molecule has 0 aromatic carbocycles. The van der Waals surface area contributed by atoms with Crippen LogP contribution in [0.25, 0.3) is 5.65 Å². The van der Waals surface area contributed by atoms with Crippen LogP contribution in [-0.4, -0.2) is 69.5 Å². The number of amides is 1. The molecule has 8 heteroatoms. The molecule has 3 aliphatic heterocycles. The normalized spacial score (nSPS) is 29.4. The molecule has 0 spiro atoms. The molecule has 3 unspecified atom stereocenters. The number of aromatic nitrogens is 4. The van der Waals surface area contributed by atoms with E-state index in [1.165, 1.54) is 0 Å². The van der Waals surface area contributed by atoms with Crippen LogP contribution in [0.15, 0.2) is 18.5 Å². The molecule has 3 saturated heterocycles. The Morgan fingerprint density at radius 3 is 2.72 bits per heavy atom. The number of anilines is 1. The first-order valence-corrected chi connectivity index (χ1v) is 9.10. The van der Waals surface area contributed by atoms with E-state index in [0.29, 0.717) is 11.8 Å². The second-order valence-corrected chi connectivity index (χ2v) is 7.35. The van der Waals surface area contributed by atoms with Gasteiger partial charge in [-0.3, -0.25) is 4.79 Å². The number of likely N-dealkylation sites (tertiary alicyclic amines) is 1. The summed E-state index contributed by atoms with van der Waals surface area (Å²) in [6.45, 7) is 4.30. The molecular weight excluding hydrogens is 320 g/mol. The molecule has 132 valence electrons. The van der Waals surface area contributed by atoms with Gasteiger partial charge in [-0.15, -0.1) is 15.3 Å². The monoisotopic (exact) mass is 342 g/mol. The summed E-state index contributed by atoms with van der Waals surface area (Å²) in [6, 6.07) is 3.95. The van der Waals surface area contributed by atoms with E-state index in [2.05, 4.69) is 20.2 Å². The molecule has 2 aromatic heterocycles. The average Bonchev–Trinajstić information content (AvgIpc) is 3.35. The minimum Gasteiger partial charge on any atom is -0.368 e. The van der Waals surface area contributed by atoms with Crippen molar-refractivity contribution in [2.45, 2.75) is 25.4 Å². The molecule has 0 saturated carbocycles. The van der Waals surface area contributed by atoms with Crippen LogP contribution in [0.3, 0.4) is 0 Å². The summed E-state index contributed by atoms with van der Waals surface area (Å²) >= 11 is 0. The fraction of sp³-hybridized carbons (Fsp3) is 0.647. The zero-order valence-corrected chi connectivity index (χ0v) is 14.1. The standard InChI is InChI=1S/C17H22N6O2/c24-17(14-3-1-2-6-25-14)22-9-12-7-21(8-13(12)10-22)16-5-4-15-19-18-11-23(15)20-16/h4-5,11-14H,1-3,6-10H2. The summed E-state index contributed by atoms with van der Waals surface area (Å²) in [7, 11) is 0. The van der Waals surface area contributed by atoms with Crippen molar-refractivity contribution in [1.82, 2.24) is 24.7 Å². The third-order valence-corrected chi connectivity index (χ3v) is 5.72. The van der Waals surface area contributed by atoms with Crippen LogP contribution in [0.2, 0.25) is 0 Å². The van der Waals surface area contributed by atoms with Gasteiger partial charge in [-0.05, 0) is 31.4 Å². The Balaban J connectivity index is 1.24. The largest absolute Gasteiger partial charge is 0.368 e. The number of hydrogen-bond donors (Lipinski definition) is 0. The van der Waals surface area contributed by atoms with Gasteiger partial charge < -0.3 is 14.5 Å². The summed E-state index contributed by atoms with van der Waals surface area (Å²) in [5.74, 6) is 2.19. The van der Waals surface area contributed by atoms with E-state index in [-0.39, 0.29) is 12.0 Å². The Morgan fingerprint density at radius 1 is 1.12 bits per heavy atom. The van der Waals surface area contributed by atoms with Gasteiger partial charge in [0, 0.05) is 44.6 Å². The third-order valence-electron chi connectivity index (χ3n) is 5.72. The van der Waals surface area contributed by atoms with E-state index in [4.69, 9.17) is 4.74 Å². The molecule has 3 aliphatic rings. The van der Waals surface area contributed by atoms with Crippen LogP contribution in [0.5, 0.6) is 0 Å². The second kappa shape index (κ2) is 5.94. The molecule has 1 amide bonds. The first-order valence-electron chi connectivity index (χ1n) is 9.10. The van der Waals surface area contributed by atoms with Gasteiger partial charge in [0.2, 0.25) is 0 Å². The highest BCUT2D eigenvalue weighted by Crippen LogP contribution is 2.34. The quantitative estimate of drug-likeness (QED) is 0.795. The molecule has 3 atom stereocenters. The summed E-state index contributed by atoms with van der Waals surface area (Å²) in [4.78, 5) is 17.0. The molecule has 0 radical (unpaired) electrons. The van der Waals surface area contributed by atoms with E-state index in [0.717, 1.165) is 63.5 Å². The number of rotatable bonds is 2. The summed E-state index contributed by atoms with van der Waals surface area (Å²) in [6.07, 6.45) is 4.47. The van der Waals surface area contributed by atoms with Gasteiger partial charge in [-0.25, -0.2) is 0 Å². The van der Waals surface area contributed by atoms with Crippen LogP contribution in [0, 0.1) is 11.8 Å². The average molecular weight is 342 g/mol. The van der Waals surface area contributed by atoms with E-state index in [1.807, 2.05) is 17.0 Å². The smallest absolute Gasteiger partial charge is 0.251 e. The minimum atomic E-state index is -0.207. The lowest BCUT2D eigenvalue weighted by Crippen LogP contribution is -2.42. The number of carbonyl (C=O) groups is 1. The molecule has 0 aliphatic carbocycles. The Morgan fingerprint density at radius 2 is 1.96 bits per heavy atom. The van der Waals surface area contributed by atoms with E-state index in [1.54, 1.807) is 10.8 Å². The topological polar surface area (TPSA) is 75.9 Å². The van der Waals surface area contributed by atoms with Gasteiger partial charge in [-0.1, -0.05) is 0 Å². The van der Waals surface area contributed by atoms with Gasteiger partial charge in [0.1, 0.15) is 18.2 Å². The van der Waals surface area contributed by atoms with E-state index >= 15 is 0 Å². The minimum absolute atomic E-state index is 0.199. The fourth-order valence-corrected chi connectivity index (χ4v) is 4.39. The van der Waals surface area contributed by atoms with Crippen molar-refractivity contribution in [2.24, 2.45) is 11.8 Å². The van der Waals surface area contributed by atoms with Crippen molar-refractivity contribution in [3.05, 3.63) is 18.5 Å². The van der Waals surface area contributed by atoms with Crippen LogP contribution in [-0.2, 0) is 9.53 Å². The summed E-state index contributed by atoms with van der Waals surface area (Å²) < 4.78 is 7.38. The summed E-state index contributed by atoms with van der Waals surface area (Å²) in [5.41, 5.74) is 0.757. The molecule has 5 rings (SSSR count). The Labute approximate surface area is 145 Å². The zero-order valence-electron chi connectivity index (χ0n) is 14.1. The predicted octanol–water partition coefficient (Wildman–Crippen LogP) is 0.588. The van der Waals surface area contributed by atoms with Gasteiger partial charge in [-0.2, -0.15) is 4.52 Å². The van der Waals surface area contributed by atoms with Crippen LogP contribution < -0.4 is 4.90 Å². The number of ether oxygens (including phenoxy) is 1. The molecule has 0 bridgehead atoms. The zero-order chi connectivity index (χ0) is 16.8. The number of fused-ring (bicyclic) bond motifs is 2. The van der Waals surface area contributed by atoms with E-state index < -0.39 is 0 Å². The molecule has 3 fully saturated rings. The highest BCUT2D eigenvalue weighted by Gasteiger charge is 2.43. The lowest BCUT2D eigenvalue weighted by atomic mass is 10.0. The molecule has 2 aromatic rings. The van der Waals surface area contributed by atoms with Crippen LogP contribution in [0.1, 0.15) is 19.3 Å². The van der Waals surface area contributed by atoms with Gasteiger partial charge in [0.15, 0.2) is 5.65 Å². The van der Waals surface area contributed by atoms with Crippen molar-refractivity contribution < 1.29 is 9.53 Å². The number of carbonyl (C=O) groups excluding carboxylic acids is 1. The van der Waals surface area contributed by atoms with Crippen molar-refractivity contribution in [2.75, 3.05) is 37.7 Å². The summed E-state index contributed by atoms with van der Waals surface area (Å²) in [5, 5.41) is 12.5. The number of nitrogens with zero attached hydrogens (tertiary/aromatic N) is 6. The van der Waals surface area contributed by atoms with Crippen LogP contribution >= 0.6 is 0 Å². The van der Waals surface area contributed by atoms with Gasteiger partial charge in [0.05, 0.1) is 0 Å². The highest BCUT2D eigenvalue weighted by molar-refractivity contribution is 5.81. The molecule has 8 nitrogen and oxygen atoms in total. The van der Waals surface area contributed by atoms with E-state index in [9.17, 15) is 4.79 Å². The highest BCUT2D eigenvalue weighted by atomic mass is 16.5. The second-order valence-electron chi connectivity index (χ2n) is 7.35. The molecule has 0 N–H and O–H groups in total. The maximum atomic E-state index is 12.7. The first kappa shape index (κ1) is 15.1. The lowest BCUT2D eigenvalue weighted by molar-refractivity contribution is -0.145. The van der Waals surface area contributed by atoms with Crippen molar-refractivity contribution in [1.29, 1.82) is 0 Å². The van der Waals surface area contributed by atoms with Gasteiger partial charge in [0.25, 0.3) is 5.91 Å². The molecular formula is C17H22N6O2. The predicted molar refractivity (Wildman–Crippen MR) is 90.1 cm³/mol. The maximum Gasteiger partial charge on any atom is 0.251 e. The lowest BCUT2D eigenvalue weighted by Gasteiger charge is -2.28. The van der Waals surface area contributed by atoms with Gasteiger partial charge >= 0.3 is 0 Å². The first-order chi connectivity index (χ1) is 12.3. The van der Waals surface area contributed by atoms with Crippen molar-refractivity contribution in [3.8, 4) is 0 Å². The maximum absolute atomic E-state index is 12.7. The molecule has 5 heterocycles. The third kappa shape index (κ3) is 2.64. The number of hydrogen-bond acceptors (Lipinski definition) is 6. The fourth-order valence-electron chi connectivity index (χ4n) is 4.39. The molecule has 25 heavy (non-hydrogen) atoms. The van der Waals surface area contributed by atoms with Crippen LogP contribution in [0.4, 0.5) is 5.82 Å². The van der Waals surface area contributed by atoms with Crippen molar-refractivity contribution >= 4 is 17.4 Å². The SMILES string of the molecule is O=C(C1CCCCO1)N1CC2CN(c3ccc4nncn4n3)CC2C1. The Hall–Kier alpha value is -2.22.